The number of carbonyl (C=O) groups excluding carboxylic acids is 2. The molecule has 0 spiro atoms. The third-order valence-electron chi connectivity index (χ3n) is 3.77. The highest BCUT2D eigenvalue weighted by Crippen LogP contribution is 2.13. The topological polar surface area (TPSA) is 81.9 Å². The Morgan fingerprint density at radius 2 is 2.08 bits per heavy atom. The van der Waals surface area contributed by atoms with E-state index < -0.39 is 12.1 Å². The molecule has 0 unspecified atom stereocenters. The molecule has 2 heterocycles. The monoisotopic (exact) mass is 373 g/mol. The quantitative estimate of drug-likeness (QED) is 0.642. The second-order valence-corrected chi connectivity index (χ2v) is 6.57. The van der Waals surface area contributed by atoms with Crippen LogP contribution in [0.15, 0.2) is 42.0 Å². The van der Waals surface area contributed by atoms with Gasteiger partial charge in [0, 0.05) is 24.3 Å². The highest BCUT2D eigenvalue weighted by molar-refractivity contribution is 7.15. The summed E-state index contributed by atoms with van der Waals surface area (Å²) < 4.78 is 12.1. The molecule has 136 valence electrons. The molecule has 0 bridgehead atoms. The number of nitrogens with one attached hydrogen (secondary N) is 1. The van der Waals surface area contributed by atoms with Gasteiger partial charge in [0.2, 0.25) is 0 Å². The predicted molar refractivity (Wildman–Crippen MR) is 97.2 cm³/mol. The third kappa shape index (κ3) is 4.40. The first-order valence-electron chi connectivity index (χ1n) is 8.06. The number of hydrogen-bond donors (Lipinski definition) is 1. The van der Waals surface area contributed by atoms with Gasteiger partial charge in [-0.3, -0.25) is 14.0 Å². The van der Waals surface area contributed by atoms with Crippen LogP contribution in [0.5, 0.6) is 5.75 Å². The largest absolute Gasteiger partial charge is 0.497 e. The van der Waals surface area contributed by atoms with Crippen molar-refractivity contribution in [2.75, 3.05) is 7.11 Å². The summed E-state index contributed by atoms with van der Waals surface area (Å²) in [6, 6.07) is 7.36. The fraction of sp³-hybridized carbons (Fsp3) is 0.278. The van der Waals surface area contributed by atoms with Crippen molar-refractivity contribution < 1.29 is 19.1 Å². The smallest absolute Gasteiger partial charge is 0.312 e. The fourth-order valence-electron chi connectivity index (χ4n) is 2.38. The molecule has 1 N–H and O–H groups in total. The molecule has 0 aliphatic carbocycles. The lowest BCUT2D eigenvalue weighted by atomic mass is 10.2. The lowest BCUT2D eigenvalue weighted by Crippen LogP contribution is -2.35. The Labute approximate surface area is 154 Å². The van der Waals surface area contributed by atoms with Crippen LogP contribution in [0.25, 0.3) is 4.96 Å². The van der Waals surface area contributed by atoms with E-state index >= 15 is 0 Å². The van der Waals surface area contributed by atoms with Gasteiger partial charge >= 0.3 is 5.97 Å². The first-order valence-corrected chi connectivity index (χ1v) is 8.94. The van der Waals surface area contributed by atoms with Crippen molar-refractivity contribution >= 4 is 28.2 Å². The molecule has 0 saturated carbocycles. The maximum absolute atomic E-state index is 12.1. The minimum atomic E-state index is -0.871. The second-order valence-electron chi connectivity index (χ2n) is 5.70. The molecule has 26 heavy (non-hydrogen) atoms. The number of nitrogens with zero attached hydrogens (tertiary/aromatic N) is 2. The Morgan fingerprint density at radius 1 is 1.31 bits per heavy atom. The molecular weight excluding hydrogens is 354 g/mol. The van der Waals surface area contributed by atoms with Gasteiger partial charge in [0.15, 0.2) is 11.1 Å². The first-order chi connectivity index (χ1) is 12.5. The minimum absolute atomic E-state index is 0.0322. The van der Waals surface area contributed by atoms with Crippen LogP contribution in [0.2, 0.25) is 0 Å². The zero-order valence-electron chi connectivity index (χ0n) is 14.5. The minimum Gasteiger partial charge on any atom is -0.497 e. The van der Waals surface area contributed by atoms with Crippen molar-refractivity contribution in [1.29, 1.82) is 0 Å². The number of rotatable bonds is 7. The number of benzene rings is 1. The number of ether oxygens (including phenoxy) is 2. The molecule has 1 atom stereocenters. The van der Waals surface area contributed by atoms with Gasteiger partial charge in [-0.05, 0) is 24.6 Å². The zero-order valence-corrected chi connectivity index (χ0v) is 15.3. The van der Waals surface area contributed by atoms with Gasteiger partial charge in [-0.25, -0.2) is 4.98 Å². The first kappa shape index (κ1) is 17.9. The molecule has 1 aromatic carbocycles. The molecule has 3 aromatic rings. The summed E-state index contributed by atoms with van der Waals surface area (Å²) in [5.74, 6) is -0.0793. The Morgan fingerprint density at radius 3 is 2.77 bits per heavy atom. The Bertz CT molecular complexity index is 872. The third-order valence-corrected chi connectivity index (χ3v) is 4.54. The average molecular weight is 373 g/mol. The fourth-order valence-corrected chi connectivity index (χ4v) is 3.10. The van der Waals surface area contributed by atoms with E-state index in [0.717, 1.165) is 16.3 Å². The van der Waals surface area contributed by atoms with E-state index in [4.69, 9.17) is 9.47 Å². The van der Waals surface area contributed by atoms with Crippen LogP contribution in [0.3, 0.4) is 0 Å². The van der Waals surface area contributed by atoms with E-state index in [-0.39, 0.29) is 12.3 Å². The number of hydrogen-bond acceptors (Lipinski definition) is 6. The van der Waals surface area contributed by atoms with Crippen LogP contribution in [0, 0.1) is 0 Å². The molecule has 3 rings (SSSR count). The van der Waals surface area contributed by atoms with Crippen LogP contribution in [0.1, 0.15) is 18.2 Å². The van der Waals surface area contributed by atoms with E-state index in [1.807, 2.05) is 40.2 Å². The highest BCUT2D eigenvalue weighted by Gasteiger charge is 2.18. The van der Waals surface area contributed by atoms with Gasteiger partial charge in [-0.2, -0.15) is 0 Å². The van der Waals surface area contributed by atoms with Crippen molar-refractivity contribution in [2.45, 2.75) is 26.0 Å². The molecule has 0 fully saturated rings. The van der Waals surface area contributed by atoms with Gasteiger partial charge in [0.05, 0.1) is 19.2 Å². The Kier molecular flexibility index (Phi) is 5.52. The van der Waals surface area contributed by atoms with Crippen molar-refractivity contribution in [3.8, 4) is 5.75 Å². The zero-order chi connectivity index (χ0) is 18.5. The molecule has 7 nitrogen and oxygen atoms in total. The predicted octanol–water partition coefficient (Wildman–Crippen LogP) is 2.19. The van der Waals surface area contributed by atoms with Crippen molar-refractivity contribution in [2.24, 2.45) is 0 Å². The summed E-state index contributed by atoms with van der Waals surface area (Å²) >= 11 is 1.49. The number of aromatic nitrogens is 2. The average Bonchev–Trinajstić information content (AvgIpc) is 3.21. The van der Waals surface area contributed by atoms with Gasteiger partial charge < -0.3 is 14.8 Å². The molecule has 0 saturated heterocycles. The van der Waals surface area contributed by atoms with Gasteiger partial charge in [-0.15, -0.1) is 11.3 Å². The lowest BCUT2D eigenvalue weighted by Gasteiger charge is -2.13. The Balaban J connectivity index is 1.46. The number of thiazole rings is 1. The van der Waals surface area contributed by atoms with Crippen LogP contribution in [-0.2, 0) is 27.3 Å². The van der Waals surface area contributed by atoms with E-state index in [0.29, 0.717) is 12.2 Å². The van der Waals surface area contributed by atoms with Crippen molar-refractivity contribution in [3.05, 3.63) is 53.3 Å². The summed E-state index contributed by atoms with van der Waals surface area (Å²) in [5.41, 5.74) is 1.54. The number of carbonyl (C=O) groups is 2. The van der Waals surface area contributed by atoms with Crippen LogP contribution in [0.4, 0.5) is 0 Å². The molecule has 0 aliphatic rings. The van der Waals surface area contributed by atoms with Crippen molar-refractivity contribution in [1.82, 2.24) is 14.7 Å². The summed E-state index contributed by atoms with van der Waals surface area (Å²) in [6.07, 6.45) is 2.81. The summed E-state index contributed by atoms with van der Waals surface area (Å²) in [7, 11) is 1.60. The number of methoxy groups -OCH3 is 1. The van der Waals surface area contributed by atoms with E-state index in [2.05, 4.69) is 10.3 Å². The van der Waals surface area contributed by atoms with E-state index in [9.17, 15) is 9.59 Å². The molecule has 2 aromatic heterocycles. The summed E-state index contributed by atoms with van der Waals surface area (Å²) in [6.45, 7) is 1.90. The molecular formula is C18H19N3O4S. The molecule has 0 aliphatic heterocycles. The highest BCUT2D eigenvalue weighted by atomic mass is 32.1. The number of fused-ring (bicyclic) bond motifs is 1. The number of esters is 1. The van der Waals surface area contributed by atoms with E-state index in [1.54, 1.807) is 20.2 Å². The molecule has 0 radical (unpaired) electrons. The van der Waals surface area contributed by atoms with Crippen LogP contribution in [-0.4, -0.2) is 34.5 Å². The SMILES string of the molecule is COc1ccc(CNC(=O)[C@H](C)OC(=O)Cc2cn3ccsc3n2)cc1. The summed E-state index contributed by atoms with van der Waals surface area (Å²) in [5, 5.41) is 4.66. The normalized spacial score (nSPS) is 11.9. The number of imidazole rings is 1. The second kappa shape index (κ2) is 8.01. The van der Waals surface area contributed by atoms with Gasteiger partial charge in [-0.1, -0.05) is 12.1 Å². The maximum atomic E-state index is 12.1. The Hall–Kier alpha value is -2.87. The molecule has 8 heteroatoms. The van der Waals surface area contributed by atoms with E-state index in [1.165, 1.54) is 11.3 Å². The standard InChI is InChI=1S/C18H19N3O4S/c1-12(17(23)19-10-13-3-5-15(24-2)6-4-13)25-16(22)9-14-11-21-7-8-26-18(21)20-14/h3-8,11-12H,9-10H2,1-2H3,(H,19,23)/t12-/m0/s1. The maximum Gasteiger partial charge on any atom is 0.312 e. The van der Waals surface area contributed by atoms with Crippen LogP contribution >= 0.6 is 11.3 Å². The van der Waals surface area contributed by atoms with Gasteiger partial charge in [0.25, 0.3) is 5.91 Å². The lowest BCUT2D eigenvalue weighted by molar-refractivity contribution is -0.154. The summed E-state index contributed by atoms with van der Waals surface area (Å²) in [4.78, 5) is 29.2. The number of amides is 1. The van der Waals surface area contributed by atoms with Crippen molar-refractivity contribution in [3.63, 3.8) is 0 Å². The molecule has 1 amide bonds. The van der Waals surface area contributed by atoms with Gasteiger partial charge in [0.1, 0.15) is 5.75 Å². The van der Waals surface area contributed by atoms with Crippen LogP contribution < -0.4 is 10.1 Å².